The van der Waals surface area contributed by atoms with Gasteiger partial charge in [0.15, 0.2) is 0 Å². The molecular weight excluding hydrogens is 298 g/mol. The van der Waals surface area contributed by atoms with E-state index in [1.165, 1.54) is 0 Å². The lowest BCUT2D eigenvalue weighted by molar-refractivity contribution is -0.139. The summed E-state index contributed by atoms with van der Waals surface area (Å²) >= 11 is 1.62. The van der Waals surface area contributed by atoms with Crippen LogP contribution in [0.4, 0.5) is 0 Å². The van der Waals surface area contributed by atoms with E-state index in [9.17, 15) is 9.59 Å². The Kier molecular flexibility index (Phi) is 3.75. The minimum absolute atomic E-state index is 0.0222. The van der Waals surface area contributed by atoms with E-state index in [0.717, 1.165) is 17.2 Å². The van der Waals surface area contributed by atoms with Crippen LogP contribution in [0, 0.1) is 24.2 Å². The molecule has 0 unspecified atom stereocenters. The molecule has 0 bridgehead atoms. The van der Waals surface area contributed by atoms with E-state index in [4.69, 9.17) is 0 Å². The molecule has 1 aromatic rings. The highest BCUT2D eigenvalue weighted by Crippen LogP contribution is 2.35. The van der Waals surface area contributed by atoms with Crippen LogP contribution in [0.3, 0.4) is 0 Å². The van der Waals surface area contributed by atoms with Gasteiger partial charge in [0.25, 0.3) is 0 Å². The van der Waals surface area contributed by atoms with Crippen LogP contribution in [0.15, 0.2) is 5.38 Å². The van der Waals surface area contributed by atoms with Crippen molar-refractivity contribution in [1.82, 2.24) is 14.8 Å². The van der Waals surface area contributed by atoms with E-state index in [0.29, 0.717) is 19.6 Å². The first-order valence-corrected chi connectivity index (χ1v) is 8.63. The lowest BCUT2D eigenvalue weighted by atomic mass is 9.95. The molecule has 0 spiro atoms. The summed E-state index contributed by atoms with van der Waals surface area (Å²) in [5.41, 5.74) is 0.595. The molecule has 120 valence electrons. The first-order valence-electron chi connectivity index (χ1n) is 7.75. The van der Waals surface area contributed by atoms with Crippen molar-refractivity contribution >= 4 is 23.2 Å². The molecule has 0 aromatic carbocycles. The van der Waals surface area contributed by atoms with E-state index in [2.05, 4.69) is 4.98 Å². The summed E-state index contributed by atoms with van der Waals surface area (Å²) in [5, 5.41) is 3.05. The van der Waals surface area contributed by atoms with Crippen LogP contribution in [0.25, 0.3) is 0 Å². The number of carbonyl (C=O) groups is 2. The minimum atomic E-state index is -0.376. The number of likely N-dealkylation sites (tertiary alicyclic amines) is 2. The van der Waals surface area contributed by atoms with Crippen LogP contribution >= 0.6 is 11.3 Å². The lowest BCUT2D eigenvalue weighted by Gasteiger charge is -2.27. The smallest absolute Gasteiger partial charge is 0.228 e. The van der Waals surface area contributed by atoms with Crippen molar-refractivity contribution in [3.8, 4) is 0 Å². The van der Waals surface area contributed by atoms with E-state index < -0.39 is 0 Å². The highest BCUT2D eigenvalue weighted by Gasteiger charge is 2.48. The second-order valence-electron chi connectivity index (χ2n) is 7.40. The molecule has 6 heteroatoms. The Labute approximate surface area is 135 Å². The zero-order chi connectivity index (χ0) is 16.1. The Hall–Kier alpha value is -1.43. The third kappa shape index (κ3) is 2.76. The highest BCUT2D eigenvalue weighted by molar-refractivity contribution is 7.09. The third-order valence-corrected chi connectivity index (χ3v) is 5.30. The lowest BCUT2D eigenvalue weighted by Crippen LogP contribution is -2.40. The van der Waals surface area contributed by atoms with Crippen molar-refractivity contribution in [3.05, 3.63) is 16.1 Å². The maximum absolute atomic E-state index is 12.6. The van der Waals surface area contributed by atoms with E-state index in [-0.39, 0.29) is 29.1 Å². The number of nitrogens with zero attached hydrogens (tertiary/aromatic N) is 3. The molecular formula is C16H23N3O2S. The molecule has 2 aliphatic rings. The average molecular weight is 321 g/mol. The Balaban J connectivity index is 1.64. The number of fused-ring (bicyclic) bond motifs is 1. The summed E-state index contributed by atoms with van der Waals surface area (Å²) < 4.78 is 0. The number of amides is 2. The Morgan fingerprint density at radius 2 is 2.09 bits per heavy atom. The Morgan fingerprint density at radius 3 is 2.64 bits per heavy atom. The van der Waals surface area contributed by atoms with Gasteiger partial charge in [0.2, 0.25) is 11.8 Å². The van der Waals surface area contributed by atoms with E-state index in [1.54, 1.807) is 11.3 Å². The van der Waals surface area contributed by atoms with E-state index in [1.807, 2.05) is 42.9 Å². The van der Waals surface area contributed by atoms with Gasteiger partial charge in [-0.15, -0.1) is 11.3 Å². The fraction of sp³-hybridized carbons (Fsp3) is 0.688. The van der Waals surface area contributed by atoms with Gasteiger partial charge < -0.3 is 9.80 Å². The highest BCUT2D eigenvalue weighted by atomic mass is 32.1. The fourth-order valence-electron chi connectivity index (χ4n) is 3.40. The molecule has 3 rings (SSSR count). The van der Waals surface area contributed by atoms with Crippen molar-refractivity contribution in [2.75, 3.05) is 19.6 Å². The maximum Gasteiger partial charge on any atom is 0.228 e. The van der Waals surface area contributed by atoms with Crippen LogP contribution in [0.1, 0.15) is 31.5 Å². The van der Waals surface area contributed by atoms with Crippen molar-refractivity contribution in [3.63, 3.8) is 0 Å². The summed E-state index contributed by atoms with van der Waals surface area (Å²) in [6.07, 6.45) is 0. The van der Waals surface area contributed by atoms with Crippen LogP contribution in [0.5, 0.6) is 0 Å². The maximum atomic E-state index is 12.6. The quantitative estimate of drug-likeness (QED) is 0.836. The molecule has 1 aromatic heterocycles. The van der Waals surface area contributed by atoms with Gasteiger partial charge >= 0.3 is 0 Å². The first kappa shape index (κ1) is 15.5. The van der Waals surface area contributed by atoms with Crippen molar-refractivity contribution in [2.24, 2.45) is 17.3 Å². The molecule has 2 fully saturated rings. The van der Waals surface area contributed by atoms with Gasteiger partial charge in [-0.3, -0.25) is 9.59 Å². The Bertz CT molecular complexity index is 605. The number of carbonyl (C=O) groups excluding carboxylic acids is 2. The van der Waals surface area contributed by atoms with Crippen molar-refractivity contribution in [1.29, 1.82) is 0 Å². The van der Waals surface area contributed by atoms with Crippen LogP contribution in [-0.2, 0) is 16.1 Å². The summed E-state index contributed by atoms with van der Waals surface area (Å²) in [6.45, 7) is 10.4. The molecule has 0 N–H and O–H groups in total. The van der Waals surface area contributed by atoms with Crippen molar-refractivity contribution < 1.29 is 9.59 Å². The molecule has 22 heavy (non-hydrogen) atoms. The SMILES string of the molecule is Cc1nc(CN2C[C@@H]3CN(C(=O)C(C)(C)C)C[C@@H]3C2=O)cs1. The van der Waals surface area contributed by atoms with Gasteiger partial charge in [-0.25, -0.2) is 4.98 Å². The predicted octanol–water partition coefficient (Wildman–Crippen LogP) is 1.91. The summed E-state index contributed by atoms with van der Waals surface area (Å²) in [7, 11) is 0. The molecule has 0 aliphatic carbocycles. The number of hydrogen-bond donors (Lipinski definition) is 0. The number of rotatable bonds is 2. The average Bonchev–Trinajstić information content (AvgIpc) is 3.07. The minimum Gasteiger partial charge on any atom is -0.341 e. The van der Waals surface area contributed by atoms with Gasteiger partial charge in [-0.2, -0.15) is 0 Å². The fourth-order valence-corrected chi connectivity index (χ4v) is 4.01. The van der Waals surface area contributed by atoms with Crippen LogP contribution < -0.4 is 0 Å². The molecule has 5 nitrogen and oxygen atoms in total. The molecule has 2 saturated heterocycles. The standard InChI is InChI=1S/C16H23N3O2S/c1-10-17-12(9-22-10)7-18-5-11-6-19(8-13(11)14(18)20)15(21)16(2,3)4/h9,11,13H,5-8H2,1-4H3/t11-,13+/m1/s1. The summed E-state index contributed by atoms with van der Waals surface area (Å²) in [5.74, 6) is 0.584. The largest absolute Gasteiger partial charge is 0.341 e. The number of aromatic nitrogens is 1. The first-order chi connectivity index (χ1) is 10.3. The molecule has 0 saturated carbocycles. The van der Waals surface area contributed by atoms with Crippen LogP contribution in [-0.4, -0.2) is 46.2 Å². The second kappa shape index (κ2) is 5.33. The zero-order valence-electron chi connectivity index (χ0n) is 13.6. The summed E-state index contributed by atoms with van der Waals surface area (Å²) in [4.78, 5) is 33.2. The topological polar surface area (TPSA) is 53.5 Å². The van der Waals surface area contributed by atoms with E-state index >= 15 is 0 Å². The number of thiazole rings is 1. The molecule has 3 heterocycles. The van der Waals surface area contributed by atoms with Crippen LogP contribution in [0.2, 0.25) is 0 Å². The molecule has 0 radical (unpaired) electrons. The number of hydrogen-bond acceptors (Lipinski definition) is 4. The monoisotopic (exact) mass is 321 g/mol. The molecule has 2 amide bonds. The second-order valence-corrected chi connectivity index (χ2v) is 8.47. The summed E-state index contributed by atoms with van der Waals surface area (Å²) in [6, 6.07) is 0. The van der Waals surface area contributed by atoms with Gasteiger partial charge in [-0.1, -0.05) is 20.8 Å². The van der Waals surface area contributed by atoms with Gasteiger partial charge in [0.05, 0.1) is 23.2 Å². The normalized spacial score (nSPS) is 25.0. The Morgan fingerprint density at radius 1 is 1.36 bits per heavy atom. The predicted molar refractivity (Wildman–Crippen MR) is 85.3 cm³/mol. The molecule has 2 atom stereocenters. The van der Waals surface area contributed by atoms with Gasteiger partial charge in [-0.05, 0) is 6.92 Å². The van der Waals surface area contributed by atoms with Gasteiger partial charge in [0.1, 0.15) is 0 Å². The van der Waals surface area contributed by atoms with Gasteiger partial charge in [0, 0.05) is 36.3 Å². The molecule has 2 aliphatic heterocycles. The zero-order valence-corrected chi connectivity index (χ0v) is 14.4. The third-order valence-electron chi connectivity index (χ3n) is 4.47. The number of aryl methyl sites for hydroxylation is 1. The van der Waals surface area contributed by atoms with Crippen molar-refractivity contribution in [2.45, 2.75) is 34.2 Å².